The number of aromatic nitrogens is 3. The van der Waals surface area contributed by atoms with Crippen molar-refractivity contribution in [1.82, 2.24) is 15.0 Å². The SMILES string of the molecule is CCCCCCCCCCCOc1cc(Nc2nc(Nc3cc(OCCCCCCCCCCC)c(OCCCCCCCCCCC)c(OCCCCCCCCCCC)c3)nc(-c3ccc(CC)cc3)n2)cc(OCCCCCCCCCCC)c1OCCCCCCCCCCC. The van der Waals surface area contributed by atoms with Gasteiger partial charge in [0.15, 0.2) is 28.8 Å². The quantitative estimate of drug-likeness (QED) is 0.0412. The van der Waals surface area contributed by atoms with E-state index in [4.69, 9.17) is 43.4 Å². The smallest absolute Gasteiger partial charge is 0.232 e. The average molecular weight is 1390 g/mol. The Hall–Kier alpha value is -4.93. The molecule has 0 aliphatic heterocycles. The second kappa shape index (κ2) is 62.6. The molecule has 0 unspecified atom stereocenters. The first-order valence-corrected chi connectivity index (χ1v) is 43.0. The van der Waals surface area contributed by atoms with Crippen LogP contribution in [0.25, 0.3) is 11.4 Å². The van der Waals surface area contributed by atoms with Gasteiger partial charge < -0.3 is 39.1 Å². The predicted octanol–water partition coefficient (Wildman–Crippen LogP) is 29.0. The van der Waals surface area contributed by atoms with Gasteiger partial charge in [0.25, 0.3) is 0 Å². The number of nitrogens with one attached hydrogen (secondary N) is 2. The van der Waals surface area contributed by atoms with Crippen molar-refractivity contribution in [2.24, 2.45) is 0 Å². The van der Waals surface area contributed by atoms with Gasteiger partial charge in [0.05, 0.1) is 39.6 Å². The highest BCUT2D eigenvalue weighted by atomic mass is 16.5. The highest BCUT2D eigenvalue weighted by molar-refractivity contribution is 5.70. The molecule has 0 radical (unpaired) electrons. The van der Waals surface area contributed by atoms with Gasteiger partial charge in [-0.1, -0.05) is 381 Å². The minimum Gasteiger partial charge on any atom is -0.489 e. The van der Waals surface area contributed by atoms with Crippen molar-refractivity contribution in [3.05, 3.63) is 54.1 Å². The summed E-state index contributed by atoms with van der Waals surface area (Å²) in [5.74, 6) is 5.50. The van der Waals surface area contributed by atoms with E-state index in [1.807, 2.05) is 0 Å². The summed E-state index contributed by atoms with van der Waals surface area (Å²) in [4.78, 5) is 15.6. The van der Waals surface area contributed by atoms with Crippen molar-refractivity contribution in [1.29, 1.82) is 0 Å². The molecule has 4 aromatic rings. The molecule has 11 nitrogen and oxygen atoms in total. The van der Waals surface area contributed by atoms with Crippen molar-refractivity contribution in [3.63, 3.8) is 0 Å². The van der Waals surface area contributed by atoms with Crippen molar-refractivity contribution >= 4 is 23.3 Å². The predicted molar refractivity (Wildman–Crippen MR) is 430 cm³/mol. The molecular weight excluding hydrogens is 1240 g/mol. The maximum atomic E-state index is 6.86. The molecule has 1 aromatic heterocycles. The van der Waals surface area contributed by atoms with E-state index in [1.165, 1.54) is 275 Å². The van der Waals surface area contributed by atoms with Crippen LogP contribution in [0, 0.1) is 0 Å². The summed E-state index contributed by atoms with van der Waals surface area (Å²) in [6.45, 7) is 19.6. The zero-order chi connectivity index (χ0) is 71.1. The number of unbranched alkanes of at least 4 members (excludes halogenated alkanes) is 48. The van der Waals surface area contributed by atoms with E-state index in [0.29, 0.717) is 91.9 Å². The molecule has 0 saturated carbocycles. The van der Waals surface area contributed by atoms with Gasteiger partial charge in [-0.15, -0.1) is 0 Å². The lowest BCUT2D eigenvalue weighted by Gasteiger charge is -2.20. The summed E-state index contributed by atoms with van der Waals surface area (Å²) in [5.41, 5.74) is 3.68. The van der Waals surface area contributed by atoms with E-state index in [0.717, 1.165) is 100 Å². The lowest BCUT2D eigenvalue weighted by Crippen LogP contribution is -2.09. The molecule has 0 spiro atoms. The Morgan fingerprint density at radius 2 is 0.450 bits per heavy atom. The van der Waals surface area contributed by atoms with E-state index < -0.39 is 0 Å². The molecular formula is C89H153N5O6. The largest absolute Gasteiger partial charge is 0.489 e. The van der Waals surface area contributed by atoms with Gasteiger partial charge in [0, 0.05) is 41.2 Å². The summed E-state index contributed by atoms with van der Waals surface area (Å²) in [6.07, 6.45) is 68.5. The lowest BCUT2D eigenvalue weighted by molar-refractivity contribution is 0.234. The molecule has 4 rings (SSSR count). The van der Waals surface area contributed by atoms with Gasteiger partial charge in [-0.2, -0.15) is 15.0 Å². The van der Waals surface area contributed by atoms with Crippen molar-refractivity contribution < 1.29 is 28.4 Å². The van der Waals surface area contributed by atoms with Crippen LogP contribution in [0.4, 0.5) is 23.3 Å². The number of hydrogen-bond donors (Lipinski definition) is 2. The lowest BCUT2D eigenvalue weighted by atomic mass is 10.1. The standard InChI is InChI=1S/C89H153N5O6/c1-8-15-21-27-33-39-45-51-57-67-95-81-73-79(74-82(96-68-58-52-46-40-34-28-22-16-9-2)85(81)99-71-61-55-49-43-37-31-25-19-12-5)90-88-92-87(78-65-63-77(14-7)64-66-78)93-89(94-88)91-80-75-83(97-69-59-53-47-41-35-29-23-17-10-3)86(100-72-62-56-50-44-38-32-26-20-13-6)84(76-80)98-70-60-54-48-42-36-30-24-18-11-4/h63-66,73-76H,8-62,67-72H2,1-7H3,(H2,90,91,92,93,94). The van der Waals surface area contributed by atoms with Crippen LogP contribution in [-0.4, -0.2) is 54.6 Å². The van der Waals surface area contributed by atoms with Crippen LogP contribution in [0.1, 0.15) is 401 Å². The van der Waals surface area contributed by atoms with Crippen LogP contribution in [0.3, 0.4) is 0 Å². The van der Waals surface area contributed by atoms with Gasteiger partial charge >= 0.3 is 0 Å². The third kappa shape index (κ3) is 43.2. The molecule has 0 saturated heterocycles. The van der Waals surface area contributed by atoms with Crippen molar-refractivity contribution in [2.45, 2.75) is 402 Å². The third-order valence-corrected chi connectivity index (χ3v) is 19.8. The maximum absolute atomic E-state index is 6.86. The second-order valence-corrected chi connectivity index (χ2v) is 29.3. The number of rotatable bonds is 72. The molecule has 100 heavy (non-hydrogen) atoms. The fourth-order valence-corrected chi connectivity index (χ4v) is 13.3. The van der Waals surface area contributed by atoms with E-state index in [1.54, 1.807) is 0 Å². The fourth-order valence-electron chi connectivity index (χ4n) is 13.3. The molecule has 1 heterocycles. The second-order valence-electron chi connectivity index (χ2n) is 29.3. The molecule has 0 amide bonds. The molecule has 0 atom stereocenters. The zero-order valence-electron chi connectivity index (χ0n) is 66.0. The van der Waals surface area contributed by atoms with E-state index in [-0.39, 0.29) is 0 Å². The molecule has 570 valence electrons. The van der Waals surface area contributed by atoms with Crippen molar-refractivity contribution in [2.75, 3.05) is 50.3 Å². The summed E-state index contributed by atoms with van der Waals surface area (Å²) < 4.78 is 41.1. The molecule has 0 aliphatic rings. The average Bonchev–Trinajstić information content (AvgIpc) is 0.811. The number of nitrogens with zero attached hydrogens (tertiary/aromatic N) is 3. The number of aryl methyl sites for hydroxylation is 1. The summed E-state index contributed by atoms with van der Waals surface area (Å²) >= 11 is 0. The summed E-state index contributed by atoms with van der Waals surface area (Å²) in [6, 6.07) is 16.9. The van der Waals surface area contributed by atoms with Crippen molar-refractivity contribution in [3.8, 4) is 45.9 Å². The van der Waals surface area contributed by atoms with Crippen LogP contribution in [0.2, 0.25) is 0 Å². The first kappa shape index (κ1) is 87.5. The van der Waals surface area contributed by atoms with Crippen LogP contribution in [-0.2, 0) is 6.42 Å². The van der Waals surface area contributed by atoms with Crippen LogP contribution in [0.15, 0.2) is 48.5 Å². The Bertz CT molecular complexity index is 2270. The van der Waals surface area contributed by atoms with Gasteiger partial charge in [0.2, 0.25) is 23.4 Å². The van der Waals surface area contributed by atoms with Gasteiger partial charge in [-0.05, 0) is 50.5 Å². The summed E-state index contributed by atoms with van der Waals surface area (Å²) in [5, 5.41) is 7.36. The van der Waals surface area contributed by atoms with Gasteiger partial charge in [-0.25, -0.2) is 0 Å². The van der Waals surface area contributed by atoms with E-state index in [2.05, 4.69) is 108 Å². The third-order valence-electron chi connectivity index (χ3n) is 19.8. The van der Waals surface area contributed by atoms with Crippen LogP contribution < -0.4 is 39.1 Å². The Morgan fingerprint density at radius 3 is 0.670 bits per heavy atom. The Balaban J connectivity index is 1.75. The maximum Gasteiger partial charge on any atom is 0.232 e. The first-order valence-electron chi connectivity index (χ1n) is 43.0. The number of anilines is 4. The Labute approximate surface area is 615 Å². The van der Waals surface area contributed by atoms with E-state index >= 15 is 0 Å². The first-order chi connectivity index (χ1) is 49.5. The Kier molecular flexibility index (Phi) is 54.8. The Morgan fingerprint density at radius 1 is 0.240 bits per heavy atom. The molecule has 2 N–H and O–H groups in total. The van der Waals surface area contributed by atoms with E-state index in [9.17, 15) is 0 Å². The molecule has 11 heteroatoms. The minimum absolute atomic E-state index is 0.398. The zero-order valence-corrected chi connectivity index (χ0v) is 66.0. The molecule has 0 bridgehead atoms. The summed E-state index contributed by atoms with van der Waals surface area (Å²) in [7, 11) is 0. The van der Waals surface area contributed by atoms with Gasteiger partial charge in [-0.3, -0.25) is 0 Å². The number of hydrogen-bond acceptors (Lipinski definition) is 11. The normalized spacial score (nSPS) is 11.4. The van der Waals surface area contributed by atoms with Gasteiger partial charge in [0.1, 0.15) is 0 Å². The fraction of sp³-hybridized carbons (Fsp3) is 0.764. The minimum atomic E-state index is 0.398. The highest BCUT2D eigenvalue weighted by Crippen LogP contribution is 2.44. The van der Waals surface area contributed by atoms with Crippen LogP contribution in [0.5, 0.6) is 34.5 Å². The highest BCUT2D eigenvalue weighted by Gasteiger charge is 2.21. The number of ether oxygens (including phenoxy) is 6. The van der Waals surface area contributed by atoms with Crippen LogP contribution >= 0.6 is 0 Å². The molecule has 0 aliphatic carbocycles. The monoisotopic (exact) mass is 1390 g/mol. The molecule has 0 fully saturated rings. The number of benzene rings is 3. The molecule has 3 aromatic carbocycles. The topological polar surface area (TPSA) is 118 Å².